The minimum absolute atomic E-state index is 0.174. The number of aromatic nitrogens is 1. The van der Waals surface area contributed by atoms with Crippen LogP contribution in [-0.4, -0.2) is 21.0 Å². The molecule has 0 aliphatic rings. The number of carbonyl (C=O) groups is 1. The second-order valence-corrected chi connectivity index (χ2v) is 5.39. The van der Waals surface area contributed by atoms with E-state index in [1.807, 2.05) is 6.92 Å². The van der Waals surface area contributed by atoms with E-state index in [9.17, 15) is 14.9 Å². The summed E-state index contributed by atoms with van der Waals surface area (Å²) >= 11 is 1.52. The molecule has 1 aromatic heterocycles. The first-order chi connectivity index (χ1) is 10.0. The fourth-order valence-corrected chi connectivity index (χ4v) is 2.62. The van der Waals surface area contributed by atoms with Crippen LogP contribution in [0.1, 0.15) is 27.2 Å². The summed E-state index contributed by atoms with van der Waals surface area (Å²) in [4.78, 5) is 26.8. The first-order valence-corrected chi connectivity index (χ1v) is 7.02. The third-order valence-electron chi connectivity index (χ3n) is 2.83. The van der Waals surface area contributed by atoms with Crippen molar-refractivity contribution in [2.24, 2.45) is 0 Å². The maximum Gasteiger partial charge on any atom is 0.342 e. The normalized spacial score (nSPS) is 10.3. The number of nitro groups is 1. The van der Waals surface area contributed by atoms with Crippen LogP contribution in [0.3, 0.4) is 0 Å². The zero-order valence-electron chi connectivity index (χ0n) is 11.2. The lowest BCUT2D eigenvalue weighted by molar-refractivity contribution is -0.384. The van der Waals surface area contributed by atoms with Crippen LogP contribution >= 0.6 is 11.3 Å². The van der Waals surface area contributed by atoms with Gasteiger partial charge in [0.15, 0.2) is 0 Å². The van der Waals surface area contributed by atoms with Crippen LogP contribution in [0.2, 0.25) is 0 Å². The predicted octanol–water partition coefficient (Wildman–Crippen LogP) is 2.92. The van der Waals surface area contributed by atoms with Gasteiger partial charge in [-0.15, -0.1) is 11.3 Å². The maximum absolute atomic E-state index is 11.1. The highest BCUT2D eigenvalue weighted by atomic mass is 32.1. The molecule has 0 saturated carbocycles. The van der Waals surface area contributed by atoms with Crippen molar-refractivity contribution in [1.82, 2.24) is 4.98 Å². The fraction of sp³-hybridized carbons (Fsp3) is 0.231. The van der Waals surface area contributed by atoms with Crippen LogP contribution < -0.4 is 5.32 Å². The first-order valence-electron chi connectivity index (χ1n) is 6.21. The number of nitrogens with one attached hydrogen (secondary N) is 1. The molecule has 8 heteroatoms. The van der Waals surface area contributed by atoms with Gasteiger partial charge in [0, 0.05) is 11.1 Å². The number of hydrogen-bond acceptors (Lipinski definition) is 6. The molecule has 0 bridgehead atoms. The molecule has 0 unspecified atom stereocenters. The Balaban J connectivity index is 2.25. The monoisotopic (exact) mass is 307 g/mol. The average Bonchev–Trinajstić information content (AvgIpc) is 2.92. The Labute approximate surface area is 124 Å². The predicted molar refractivity (Wildman–Crippen MR) is 78.9 cm³/mol. The second-order valence-electron chi connectivity index (χ2n) is 4.19. The molecule has 7 nitrogen and oxygen atoms in total. The molecular formula is C13H13N3O4S. The molecule has 0 aliphatic carbocycles. The van der Waals surface area contributed by atoms with Crippen LogP contribution in [0.25, 0.3) is 0 Å². The van der Waals surface area contributed by atoms with Crippen molar-refractivity contribution < 1.29 is 14.8 Å². The number of aryl methyl sites for hydroxylation is 1. The van der Waals surface area contributed by atoms with E-state index in [0.717, 1.165) is 16.3 Å². The summed E-state index contributed by atoms with van der Waals surface area (Å²) in [7, 11) is 0. The molecule has 0 radical (unpaired) electrons. The van der Waals surface area contributed by atoms with Crippen molar-refractivity contribution in [3.63, 3.8) is 0 Å². The largest absolute Gasteiger partial charge is 0.477 e. The van der Waals surface area contributed by atoms with Crippen molar-refractivity contribution >= 4 is 28.7 Å². The number of benzene rings is 1. The number of rotatable bonds is 6. The lowest BCUT2D eigenvalue weighted by Gasteiger charge is -2.07. The molecular weight excluding hydrogens is 294 g/mol. The molecule has 0 spiro atoms. The molecule has 1 heterocycles. The van der Waals surface area contributed by atoms with Gasteiger partial charge in [-0.1, -0.05) is 13.0 Å². The van der Waals surface area contributed by atoms with E-state index in [1.54, 1.807) is 6.20 Å². The number of nitro benzene ring substituents is 1. The smallest absolute Gasteiger partial charge is 0.342 e. The van der Waals surface area contributed by atoms with Gasteiger partial charge in [0.05, 0.1) is 11.5 Å². The van der Waals surface area contributed by atoms with Crippen molar-refractivity contribution in [1.29, 1.82) is 0 Å². The third-order valence-corrected chi connectivity index (χ3v) is 3.97. The Morgan fingerprint density at radius 1 is 1.52 bits per heavy atom. The van der Waals surface area contributed by atoms with Gasteiger partial charge >= 0.3 is 11.7 Å². The van der Waals surface area contributed by atoms with Gasteiger partial charge in [-0.2, -0.15) is 0 Å². The second kappa shape index (κ2) is 6.31. The maximum atomic E-state index is 11.1. The molecule has 1 aromatic carbocycles. The quantitative estimate of drug-likeness (QED) is 0.628. The minimum Gasteiger partial charge on any atom is -0.477 e. The summed E-state index contributed by atoms with van der Waals surface area (Å²) in [5, 5.41) is 23.8. The summed E-state index contributed by atoms with van der Waals surface area (Å²) in [6.07, 6.45) is 2.65. The lowest BCUT2D eigenvalue weighted by Crippen LogP contribution is -2.07. The summed E-state index contributed by atoms with van der Waals surface area (Å²) in [5.74, 6) is -1.33. The average molecular weight is 307 g/mol. The van der Waals surface area contributed by atoms with E-state index in [2.05, 4.69) is 10.3 Å². The molecule has 0 fully saturated rings. The summed E-state index contributed by atoms with van der Waals surface area (Å²) in [6, 6.07) is 4.17. The van der Waals surface area contributed by atoms with E-state index in [-0.39, 0.29) is 11.3 Å². The highest BCUT2D eigenvalue weighted by Gasteiger charge is 2.24. The zero-order valence-corrected chi connectivity index (χ0v) is 12.0. The van der Waals surface area contributed by atoms with Gasteiger partial charge in [-0.05, 0) is 18.6 Å². The highest BCUT2D eigenvalue weighted by molar-refractivity contribution is 7.11. The number of nitrogens with zero attached hydrogens (tertiary/aromatic N) is 2. The van der Waals surface area contributed by atoms with Crippen molar-refractivity contribution in [2.75, 3.05) is 5.32 Å². The van der Waals surface area contributed by atoms with Crippen molar-refractivity contribution in [3.8, 4) is 0 Å². The number of carboxylic acids is 1. The number of thiazole rings is 1. The molecule has 2 aromatic rings. The van der Waals surface area contributed by atoms with Gasteiger partial charge in [-0.25, -0.2) is 9.78 Å². The number of carboxylic acid groups (broad SMARTS) is 1. The summed E-state index contributed by atoms with van der Waals surface area (Å²) < 4.78 is 0. The molecule has 0 amide bonds. The Morgan fingerprint density at radius 2 is 2.29 bits per heavy atom. The van der Waals surface area contributed by atoms with E-state index in [4.69, 9.17) is 5.11 Å². The van der Waals surface area contributed by atoms with Gasteiger partial charge < -0.3 is 10.4 Å². The molecule has 0 aliphatic heterocycles. The molecule has 2 rings (SSSR count). The van der Waals surface area contributed by atoms with Gasteiger partial charge in [-0.3, -0.25) is 10.1 Å². The van der Waals surface area contributed by atoms with Crippen LogP contribution in [0.15, 0.2) is 24.4 Å². The summed E-state index contributed by atoms with van der Waals surface area (Å²) in [6.45, 7) is 2.33. The number of anilines is 1. The van der Waals surface area contributed by atoms with Crippen molar-refractivity contribution in [3.05, 3.63) is 50.0 Å². The van der Waals surface area contributed by atoms with E-state index in [1.165, 1.54) is 29.5 Å². The van der Waals surface area contributed by atoms with Gasteiger partial charge in [0.25, 0.3) is 0 Å². The molecule has 0 saturated heterocycles. The summed E-state index contributed by atoms with van der Waals surface area (Å²) in [5.41, 5.74) is -0.594. The number of hydrogen-bond donors (Lipinski definition) is 2. The molecule has 0 atom stereocenters. The number of para-hydroxylation sites is 1. The van der Waals surface area contributed by atoms with Gasteiger partial charge in [0.2, 0.25) is 0 Å². The third kappa shape index (κ3) is 3.34. The Hall–Kier alpha value is -2.48. The number of aromatic carboxylic acids is 1. The topological polar surface area (TPSA) is 105 Å². The fourth-order valence-electron chi connectivity index (χ4n) is 1.82. The van der Waals surface area contributed by atoms with Crippen LogP contribution in [0.5, 0.6) is 0 Å². The lowest BCUT2D eigenvalue weighted by atomic mass is 10.1. The Morgan fingerprint density at radius 3 is 2.86 bits per heavy atom. The molecule has 110 valence electrons. The first kappa shape index (κ1) is 14.9. The Bertz CT molecular complexity index is 684. The van der Waals surface area contributed by atoms with Crippen LogP contribution in [0, 0.1) is 10.1 Å². The van der Waals surface area contributed by atoms with Crippen LogP contribution in [0.4, 0.5) is 11.4 Å². The molecule has 21 heavy (non-hydrogen) atoms. The van der Waals surface area contributed by atoms with E-state index >= 15 is 0 Å². The zero-order chi connectivity index (χ0) is 15.4. The van der Waals surface area contributed by atoms with E-state index in [0.29, 0.717) is 6.54 Å². The van der Waals surface area contributed by atoms with Gasteiger partial charge in [0.1, 0.15) is 16.3 Å². The minimum atomic E-state index is -1.33. The molecule has 2 N–H and O–H groups in total. The highest BCUT2D eigenvalue weighted by Crippen LogP contribution is 2.29. The van der Waals surface area contributed by atoms with Crippen LogP contribution in [-0.2, 0) is 13.0 Å². The SMILES string of the molecule is CCc1cnc(CNc2cccc(C(=O)O)c2[N+](=O)[O-])s1. The van der Waals surface area contributed by atoms with E-state index < -0.39 is 16.6 Å². The van der Waals surface area contributed by atoms with Crippen molar-refractivity contribution in [2.45, 2.75) is 19.9 Å². The Kier molecular flexibility index (Phi) is 4.49. The standard InChI is InChI=1S/C13H13N3O4S/c1-2-8-6-15-11(21-8)7-14-10-5-3-4-9(13(17)18)12(10)16(19)20/h3-6,14H,2,7H2,1H3,(H,17,18).